The average Bonchev–Trinajstić information content (AvgIpc) is 2.66. The summed E-state index contributed by atoms with van der Waals surface area (Å²) in [6.07, 6.45) is 0. The van der Waals surface area contributed by atoms with E-state index in [4.69, 9.17) is 92.8 Å². The molecule has 0 N–H and O–H groups in total. The van der Waals surface area contributed by atoms with Gasteiger partial charge in [0.1, 0.15) is 4.84 Å². The predicted molar refractivity (Wildman–Crippen MR) is 83.9 cm³/mol. The highest BCUT2D eigenvalue weighted by Crippen LogP contribution is 2.74. The summed E-state index contributed by atoms with van der Waals surface area (Å²) in [4.78, 5) is -0.784. The highest BCUT2D eigenvalue weighted by Gasteiger charge is 2.79. The van der Waals surface area contributed by atoms with Crippen LogP contribution >= 0.6 is 92.8 Å². The van der Waals surface area contributed by atoms with Crippen LogP contribution in [0.1, 0.15) is 0 Å². The average molecular weight is 414 g/mol. The van der Waals surface area contributed by atoms with Crippen molar-refractivity contribution in [3.8, 4) is 0 Å². The lowest BCUT2D eigenvalue weighted by molar-refractivity contribution is 0.158. The molecular formula is C10H10Cl8. The largest absolute Gasteiger partial charge is 0.126 e. The van der Waals surface area contributed by atoms with Crippen molar-refractivity contribution >= 4 is 92.8 Å². The minimum atomic E-state index is -0.784. The van der Waals surface area contributed by atoms with Gasteiger partial charge in [-0.25, -0.2) is 0 Å². The molecule has 2 saturated carbocycles. The Labute approximate surface area is 146 Å². The molecule has 0 aromatic rings. The van der Waals surface area contributed by atoms with Crippen LogP contribution in [0.15, 0.2) is 0 Å². The van der Waals surface area contributed by atoms with Crippen molar-refractivity contribution in [2.45, 2.75) is 26.3 Å². The van der Waals surface area contributed by atoms with Crippen molar-refractivity contribution < 1.29 is 0 Å². The Hall–Kier alpha value is 2.32. The zero-order valence-electron chi connectivity index (χ0n) is 8.90. The van der Waals surface area contributed by atoms with Crippen LogP contribution in [0.2, 0.25) is 0 Å². The minimum Gasteiger partial charge on any atom is -0.126 e. The summed E-state index contributed by atoms with van der Waals surface area (Å²) in [5.41, 5.74) is -1.53. The van der Waals surface area contributed by atoms with Crippen LogP contribution in [0.4, 0.5) is 0 Å². The van der Waals surface area contributed by atoms with Crippen LogP contribution in [0.3, 0.4) is 0 Å². The van der Waals surface area contributed by atoms with Gasteiger partial charge in [0, 0.05) is 28.5 Å². The predicted octanol–water partition coefficient (Wildman–Crippen LogP) is 5.31. The van der Waals surface area contributed by atoms with E-state index in [-0.39, 0.29) is 17.7 Å². The van der Waals surface area contributed by atoms with Crippen LogP contribution in [-0.4, -0.2) is 38.1 Å². The van der Waals surface area contributed by atoms with E-state index in [0.717, 1.165) is 0 Å². The Morgan fingerprint density at radius 1 is 0.833 bits per heavy atom. The Morgan fingerprint density at radius 3 is 1.50 bits per heavy atom. The molecule has 0 radical (unpaired) electrons. The van der Waals surface area contributed by atoms with Gasteiger partial charge in [-0.3, -0.25) is 0 Å². The monoisotopic (exact) mass is 410 g/mol. The van der Waals surface area contributed by atoms with Crippen molar-refractivity contribution in [3.63, 3.8) is 0 Å². The van der Waals surface area contributed by atoms with E-state index in [2.05, 4.69) is 0 Å². The number of hydrogen-bond acceptors (Lipinski definition) is 0. The highest BCUT2D eigenvalue weighted by molar-refractivity contribution is 6.46. The first-order chi connectivity index (χ1) is 8.32. The van der Waals surface area contributed by atoms with E-state index in [0.29, 0.717) is 0 Å². The molecule has 2 fully saturated rings. The lowest BCUT2D eigenvalue weighted by Crippen LogP contribution is -2.52. The van der Waals surface area contributed by atoms with Crippen LogP contribution in [0.25, 0.3) is 0 Å². The summed E-state index contributed by atoms with van der Waals surface area (Å²) in [5, 5.41) is -1.72. The second kappa shape index (κ2) is 5.51. The maximum Gasteiger partial charge on any atom is 0.115 e. The summed E-state index contributed by atoms with van der Waals surface area (Å²) in [6, 6.07) is 0. The zero-order chi connectivity index (χ0) is 13.9. The Morgan fingerprint density at radius 2 is 1.28 bits per heavy atom. The van der Waals surface area contributed by atoms with Crippen molar-refractivity contribution in [2.24, 2.45) is 16.7 Å². The van der Waals surface area contributed by atoms with Crippen molar-refractivity contribution in [3.05, 3.63) is 0 Å². The fourth-order valence-electron chi connectivity index (χ4n) is 3.54. The molecule has 2 aliphatic carbocycles. The third-order valence-electron chi connectivity index (χ3n) is 4.52. The SMILES string of the molecule is ClCC1(C(Cl)Cl)C2[C@@H](Cl)[C@H](Cl)C1(CCl)[C@@H](Cl)[C@@H]2Cl. The second-order valence-corrected chi connectivity index (χ2v) is 8.45. The van der Waals surface area contributed by atoms with Crippen LogP contribution in [0.5, 0.6) is 0 Å². The van der Waals surface area contributed by atoms with Gasteiger partial charge in [-0.15, -0.1) is 92.8 Å². The van der Waals surface area contributed by atoms with E-state index in [9.17, 15) is 0 Å². The standard InChI is InChI=1S/C10H10Cl8/c11-1-9(8(17)18)3-4(13)6(15)10(9,2-12)7(16)5(3)14/h3-8H,1-2H2/t3?,4-,5-,6+,7+,9?,10?/m1/s1. The Balaban J connectivity index is 2.66. The van der Waals surface area contributed by atoms with Gasteiger partial charge in [0.25, 0.3) is 0 Å². The smallest absolute Gasteiger partial charge is 0.115 e. The molecule has 0 aromatic carbocycles. The summed E-state index contributed by atoms with van der Waals surface area (Å²) in [7, 11) is 0. The maximum absolute atomic E-state index is 6.45. The summed E-state index contributed by atoms with van der Waals surface area (Å²) < 4.78 is 0. The van der Waals surface area contributed by atoms with Crippen molar-refractivity contribution in [2.75, 3.05) is 11.8 Å². The van der Waals surface area contributed by atoms with Gasteiger partial charge in [0.05, 0.1) is 21.5 Å². The van der Waals surface area contributed by atoms with E-state index in [1.165, 1.54) is 0 Å². The molecule has 8 heteroatoms. The van der Waals surface area contributed by atoms with E-state index >= 15 is 0 Å². The molecule has 18 heavy (non-hydrogen) atoms. The number of halogens is 8. The number of fused-ring (bicyclic) bond motifs is 2. The summed E-state index contributed by atoms with van der Waals surface area (Å²) in [6.45, 7) is 0. The number of hydrogen-bond donors (Lipinski definition) is 0. The first-order valence-corrected chi connectivity index (χ1v) is 8.98. The lowest BCUT2D eigenvalue weighted by Gasteiger charge is -2.45. The third-order valence-corrected chi connectivity index (χ3v) is 8.81. The molecule has 5 atom stereocenters. The normalized spacial score (nSPS) is 55.5. The van der Waals surface area contributed by atoms with Gasteiger partial charge >= 0.3 is 0 Å². The molecule has 0 heterocycles. The molecule has 0 spiro atoms. The molecule has 106 valence electrons. The molecular weight excluding hydrogens is 404 g/mol. The van der Waals surface area contributed by atoms with Crippen molar-refractivity contribution in [1.82, 2.24) is 0 Å². The number of rotatable bonds is 3. The van der Waals surface area contributed by atoms with E-state index in [1.807, 2.05) is 0 Å². The van der Waals surface area contributed by atoms with Crippen LogP contribution < -0.4 is 0 Å². The van der Waals surface area contributed by atoms with Gasteiger partial charge in [-0.05, 0) is 0 Å². The molecule has 0 saturated heterocycles. The molecule has 0 amide bonds. The van der Waals surface area contributed by atoms with Gasteiger partial charge in [0.2, 0.25) is 0 Å². The maximum atomic E-state index is 6.45. The fraction of sp³-hybridized carbons (Fsp3) is 1.00. The molecule has 2 aliphatic rings. The quantitative estimate of drug-likeness (QED) is 0.550. The van der Waals surface area contributed by atoms with E-state index < -0.39 is 37.2 Å². The third kappa shape index (κ3) is 1.67. The topological polar surface area (TPSA) is 0 Å². The molecule has 0 aromatic heterocycles. The Bertz CT molecular complexity index is 314. The van der Waals surface area contributed by atoms with Gasteiger partial charge in [0.15, 0.2) is 0 Å². The van der Waals surface area contributed by atoms with Gasteiger partial charge in [-0.2, -0.15) is 0 Å². The number of alkyl halides is 8. The summed E-state index contributed by atoms with van der Waals surface area (Å²) in [5.74, 6) is 0.0732. The summed E-state index contributed by atoms with van der Waals surface area (Å²) >= 11 is 50.4. The van der Waals surface area contributed by atoms with Gasteiger partial charge < -0.3 is 0 Å². The van der Waals surface area contributed by atoms with Crippen LogP contribution in [-0.2, 0) is 0 Å². The first kappa shape index (κ1) is 16.7. The van der Waals surface area contributed by atoms with Gasteiger partial charge in [-0.1, -0.05) is 0 Å². The highest BCUT2D eigenvalue weighted by atomic mass is 35.5. The molecule has 1 unspecified atom stereocenters. The second-order valence-electron chi connectivity index (χ2n) is 4.87. The first-order valence-electron chi connectivity index (χ1n) is 5.29. The lowest BCUT2D eigenvalue weighted by atomic mass is 9.70. The zero-order valence-corrected chi connectivity index (χ0v) is 14.9. The Kier molecular flexibility index (Phi) is 5.10. The van der Waals surface area contributed by atoms with Crippen molar-refractivity contribution in [1.29, 1.82) is 0 Å². The molecule has 2 rings (SSSR count). The van der Waals surface area contributed by atoms with E-state index in [1.54, 1.807) is 0 Å². The minimum absolute atomic E-state index is 0.168. The molecule has 0 aliphatic heterocycles. The molecule has 2 bridgehead atoms. The van der Waals surface area contributed by atoms with Crippen LogP contribution in [0, 0.1) is 16.7 Å². The fourth-order valence-corrected chi connectivity index (χ4v) is 8.37. The molecule has 0 nitrogen and oxygen atoms in total.